The predicted octanol–water partition coefficient (Wildman–Crippen LogP) is 1.66. The lowest BCUT2D eigenvalue weighted by Crippen LogP contribution is -2.52. The minimum absolute atomic E-state index is 0.0784. The van der Waals surface area contributed by atoms with Gasteiger partial charge in [0, 0.05) is 31.7 Å². The maximum absolute atomic E-state index is 13.0. The molecular formula is C21H28N2O5. The van der Waals surface area contributed by atoms with E-state index in [0.717, 1.165) is 12.8 Å². The Hall–Kier alpha value is -2.41. The van der Waals surface area contributed by atoms with Gasteiger partial charge in [-0.25, -0.2) is 0 Å². The van der Waals surface area contributed by atoms with E-state index in [1.165, 1.54) is 10.5 Å². The summed E-state index contributed by atoms with van der Waals surface area (Å²) in [4.78, 5) is 40.7. The monoisotopic (exact) mass is 388 g/mol. The number of carbonyl (C=O) groups is 3. The van der Waals surface area contributed by atoms with E-state index < -0.39 is 17.8 Å². The number of hydrogen-bond donors (Lipinski definition) is 1. The van der Waals surface area contributed by atoms with E-state index in [0.29, 0.717) is 31.9 Å². The molecule has 0 radical (unpaired) electrons. The fourth-order valence-electron chi connectivity index (χ4n) is 3.95. The number of benzene rings is 1. The normalized spacial score (nSPS) is 22.8. The molecule has 2 heterocycles. The number of ether oxygens (including phenoxy) is 1. The van der Waals surface area contributed by atoms with Crippen LogP contribution in [-0.2, 0) is 20.7 Å². The minimum Gasteiger partial charge on any atom is -0.481 e. The molecule has 2 aliphatic heterocycles. The van der Waals surface area contributed by atoms with Crippen LogP contribution in [0.2, 0.25) is 0 Å². The van der Waals surface area contributed by atoms with Crippen molar-refractivity contribution in [2.45, 2.75) is 26.2 Å². The van der Waals surface area contributed by atoms with Crippen molar-refractivity contribution in [3.8, 4) is 0 Å². The number of carboxylic acids is 1. The molecule has 2 amide bonds. The van der Waals surface area contributed by atoms with E-state index in [9.17, 15) is 19.5 Å². The number of rotatable bonds is 5. The van der Waals surface area contributed by atoms with Crippen molar-refractivity contribution in [2.24, 2.45) is 11.8 Å². The van der Waals surface area contributed by atoms with E-state index in [1.807, 2.05) is 12.1 Å². The number of morpholine rings is 1. The summed E-state index contributed by atoms with van der Waals surface area (Å²) in [7, 11) is 0. The fourth-order valence-corrected chi connectivity index (χ4v) is 3.95. The maximum Gasteiger partial charge on any atom is 0.308 e. The number of hydrogen-bond acceptors (Lipinski definition) is 4. The lowest BCUT2D eigenvalue weighted by molar-refractivity contribution is -0.148. The Morgan fingerprint density at radius 1 is 1.04 bits per heavy atom. The standard InChI is InChI=1S/C21H28N2O5/c1-2-3-15-4-6-16(7-5-15)19(24)23-13-17(12-18(14-23)21(26)27)20(25)22-8-10-28-11-9-22/h4-7,17-18H,2-3,8-14H2,1H3,(H,26,27)/t17-,18-/m0/s1. The Bertz CT molecular complexity index is 712. The van der Waals surface area contributed by atoms with Crippen molar-refractivity contribution in [1.29, 1.82) is 0 Å². The van der Waals surface area contributed by atoms with Crippen LogP contribution in [-0.4, -0.2) is 72.1 Å². The number of likely N-dealkylation sites (tertiary alicyclic amines) is 1. The van der Waals surface area contributed by atoms with Crippen LogP contribution in [0.1, 0.15) is 35.7 Å². The van der Waals surface area contributed by atoms with Crippen LogP contribution in [0, 0.1) is 11.8 Å². The number of nitrogens with zero attached hydrogens (tertiary/aromatic N) is 2. The summed E-state index contributed by atoms with van der Waals surface area (Å²) in [6.45, 7) is 4.51. The third-order valence-corrected chi connectivity index (χ3v) is 5.50. The maximum atomic E-state index is 13.0. The summed E-state index contributed by atoms with van der Waals surface area (Å²) in [5.41, 5.74) is 1.70. The van der Waals surface area contributed by atoms with E-state index in [4.69, 9.17) is 4.74 Å². The highest BCUT2D eigenvalue weighted by Gasteiger charge is 2.39. The van der Waals surface area contributed by atoms with E-state index in [-0.39, 0.29) is 31.3 Å². The van der Waals surface area contributed by atoms with Gasteiger partial charge in [0.05, 0.1) is 25.0 Å². The SMILES string of the molecule is CCCc1ccc(C(=O)N2C[C@@H](C(=O)O)C[C@H](C(=O)N3CCOCC3)C2)cc1. The van der Waals surface area contributed by atoms with Gasteiger partial charge in [0.25, 0.3) is 5.91 Å². The third kappa shape index (κ3) is 4.70. The molecule has 7 nitrogen and oxygen atoms in total. The second-order valence-corrected chi connectivity index (χ2v) is 7.56. The Morgan fingerprint density at radius 2 is 1.68 bits per heavy atom. The highest BCUT2D eigenvalue weighted by Crippen LogP contribution is 2.26. The van der Waals surface area contributed by atoms with Crippen molar-refractivity contribution in [2.75, 3.05) is 39.4 Å². The first-order chi connectivity index (χ1) is 13.5. The summed E-state index contributed by atoms with van der Waals surface area (Å²) in [5, 5.41) is 9.53. The lowest BCUT2D eigenvalue weighted by Gasteiger charge is -2.38. The van der Waals surface area contributed by atoms with Crippen molar-refractivity contribution in [3.63, 3.8) is 0 Å². The average Bonchev–Trinajstić information content (AvgIpc) is 2.73. The molecule has 3 rings (SSSR count). The van der Waals surface area contributed by atoms with Crippen LogP contribution in [0.25, 0.3) is 0 Å². The van der Waals surface area contributed by atoms with Crippen molar-refractivity contribution in [1.82, 2.24) is 9.80 Å². The molecule has 0 spiro atoms. The van der Waals surface area contributed by atoms with Crippen molar-refractivity contribution < 1.29 is 24.2 Å². The Kier molecular flexibility index (Phi) is 6.67. The molecule has 2 saturated heterocycles. The van der Waals surface area contributed by atoms with Gasteiger partial charge < -0.3 is 19.6 Å². The van der Waals surface area contributed by atoms with Gasteiger partial charge in [0.1, 0.15) is 0 Å². The average molecular weight is 388 g/mol. The Labute approximate surface area is 165 Å². The first kappa shape index (κ1) is 20.3. The summed E-state index contributed by atoms with van der Waals surface area (Å²) < 4.78 is 5.29. The first-order valence-corrected chi connectivity index (χ1v) is 9.97. The highest BCUT2D eigenvalue weighted by atomic mass is 16.5. The molecule has 28 heavy (non-hydrogen) atoms. The van der Waals surface area contributed by atoms with Gasteiger partial charge in [0.2, 0.25) is 5.91 Å². The van der Waals surface area contributed by atoms with Gasteiger partial charge in [-0.1, -0.05) is 25.5 Å². The van der Waals surface area contributed by atoms with Gasteiger partial charge in [-0.15, -0.1) is 0 Å². The Morgan fingerprint density at radius 3 is 2.29 bits per heavy atom. The predicted molar refractivity (Wildman–Crippen MR) is 103 cm³/mol. The fraction of sp³-hybridized carbons (Fsp3) is 0.571. The smallest absolute Gasteiger partial charge is 0.308 e. The molecule has 0 aliphatic carbocycles. The van der Waals surface area contributed by atoms with E-state index >= 15 is 0 Å². The molecule has 1 N–H and O–H groups in total. The molecule has 0 aromatic heterocycles. The number of carbonyl (C=O) groups excluding carboxylic acids is 2. The number of aryl methyl sites for hydroxylation is 1. The van der Waals surface area contributed by atoms with Gasteiger partial charge in [-0.3, -0.25) is 14.4 Å². The van der Waals surface area contributed by atoms with Gasteiger partial charge in [-0.05, 0) is 30.5 Å². The number of aliphatic carboxylic acids is 1. The highest BCUT2D eigenvalue weighted by molar-refractivity contribution is 5.95. The zero-order valence-corrected chi connectivity index (χ0v) is 16.3. The van der Waals surface area contributed by atoms with Crippen LogP contribution in [0.5, 0.6) is 0 Å². The molecule has 2 atom stereocenters. The van der Waals surface area contributed by atoms with Crippen LogP contribution in [0.15, 0.2) is 24.3 Å². The summed E-state index contributed by atoms with van der Waals surface area (Å²) in [6, 6.07) is 7.45. The minimum atomic E-state index is -0.962. The molecule has 152 valence electrons. The molecular weight excluding hydrogens is 360 g/mol. The molecule has 0 unspecified atom stereocenters. The van der Waals surface area contributed by atoms with Crippen molar-refractivity contribution >= 4 is 17.8 Å². The van der Waals surface area contributed by atoms with Crippen LogP contribution in [0.3, 0.4) is 0 Å². The molecule has 2 fully saturated rings. The number of carboxylic acid groups (broad SMARTS) is 1. The summed E-state index contributed by atoms with van der Waals surface area (Å²) >= 11 is 0. The number of amides is 2. The van der Waals surface area contributed by atoms with Gasteiger partial charge in [-0.2, -0.15) is 0 Å². The third-order valence-electron chi connectivity index (χ3n) is 5.50. The Balaban J connectivity index is 1.74. The lowest BCUT2D eigenvalue weighted by atomic mass is 9.87. The van der Waals surface area contributed by atoms with E-state index in [1.54, 1.807) is 17.0 Å². The largest absolute Gasteiger partial charge is 0.481 e. The number of piperidine rings is 1. The summed E-state index contributed by atoms with van der Waals surface area (Å²) in [5.74, 6) is -2.47. The first-order valence-electron chi connectivity index (χ1n) is 9.97. The van der Waals surface area contributed by atoms with Gasteiger partial charge in [0.15, 0.2) is 0 Å². The molecule has 1 aromatic carbocycles. The topological polar surface area (TPSA) is 87.2 Å². The van der Waals surface area contributed by atoms with Crippen LogP contribution in [0.4, 0.5) is 0 Å². The van der Waals surface area contributed by atoms with Gasteiger partial charge >= 0.3 is 5.97 Å². The van der Waals surface area contributed by atoms with E-state index in [2.05, 4.69) is 6.92 Å². The van der Waals surface area contributed by atoms with Crippen molar-refractivity contribution in [3.05, 3.63) is 35.4 Å². The molecule has 7 heteroatoms. The second kappa shape index (κ2) is 9.19. The molecule has 2 aliphatic rings. The zero-order valence-electron chi connectivity index (χ0n) is 16.3. The summed E-state index contributed by atoms with van der Waals surface area (Å²) in [6.07, 6.45) is 2.26. The molecule has 0 bridgehead atoms. The van der Waals surface area contributed by atoms with Crippen LogP contribution >= 0.6 is 0 Å². The molecule has 1 aromatic rings. The second-order valence-electron chi connectivity index (χ2n) is 7.56. The molecule has 0 saturated carbocycles. The van der Waals surface area contributed by atoms with Crippen LogP contribution < -0.4 is 0 Å². The quantitative estimate of drug-likeness (QED) is 0.829. The zero-order chi connectivity index (χ0) is 20.1.